The van der Waals surface area contributed by atoms with Gasteiger partial charge in [0.2, 0.25) is 16.0 Å². The molecule has 0 aliphatic heterocycles. The van der Waals surface area contributed by atoms with E-state index in [-0.39, 0.29) is 23.1 Å². The predicted molar refractivity (Wildman–Crippen MR) is 103 cm³/mol. The van der Waals surface area contributed by atoms with Crippen molar-refractivity contribution in [1.82, 2.24) is 19.7 Å². The first-order chi connectivity index (χ1) is 13.2. The molecular weight excluding hydrogens is 389 g/mol. The summed E-state index contributed by atoms with van der Waals surface area (Å²) in [5, 5.41) is 9.70. The molecule has 10 nitrogen and oxygen atoms in total. The van der Waals surface area contributed by atoms with Gasteiger partial charge in [-0.25, -0.2) is 17.8 Å². The Kier molecular flexibility index (Phi) is 5.31. The maximum absolute atomic E-state index is 14.2. The highest BCUT2D eigenvalue weighted by Gasteiger charge is 2.13. The number of benzene rings is 1. The Bertz CT molecular complexity index is 1100. The Morgan fingerprint density at radius 1 is 1.18 bits per heavy atom. The number of aromatic nitrogens is 4. The molecule has 0 amide bonds. The molecule has 0 aliphatic rings. The summed E-state index contributed by atoms with van der Waals surface area (Å²) in [5.41, 5.74) is 1.10. The van der Waals surface area contributed by atoms with Gasteiger partial charge in [-0.15, -0.1) is 0 Å². The van der Waals surface area contributed by atoms with Crippen LogP contribution in [-0.4, -0.2) is 41.5 Å². The van der Waals surface area contributed by atoms with Crippen molar-refractivity contribution in [3.63, 3.8) is 0 Å². The molecule has 12 heteroatoms. The minimum Gasteiger partial charge on any atom is -0.497 e. The van der Waals surface area contributed by atoms with Crippen LogP contribution in [0, 0.1) is 5.82 Å². The third kappa shape index (κ3) is 4.85. The smallest absolute Gasteiger partial charge is 0.229 e. The summed E-state index contributed by atoms with van der Waals surface area (Å²) in [5.74, 6) is -0.275. The number of ether oxygens (including phenoxy) is 1. The Hall–Kier alpha value is -3.41. The van der Waals surface area contributed by atoms with Gasteiger partial charge >= 0.3 is 0 Å². The Labute approximate surface area is 160 Å². The first kappa shape index (κ1) is 19.4. The molecule has 3 aromatic rings. The van der Waals surface area contributed by atoms with Crippen molar-refractivity contribution < 1.29 is 17.5 Å². The SMILES string of the molecule is COc1ccc(Nc2nc(Nc3cnn(C)c3)ncc2F)c(NS(C)(=O)=O)c1. The van der Waals surface area contributed by atoms with Crippen molar-refractivity contribution in [2.45, 2.75) is 0 Å². The molecule has 1 aromatic carbocycles. The van der Waals surface area contributed by atoms with E-state index < -0.39 is 15.8 Å². The van der Waals surface area contributed by atoms with Gasteiger partial charge in [-0.3, -0.25) is 9.40 Å². The number of aryl methyl sites for hydroxylation is 1. The average Bonchev–Trinajstić information content (AvgIpc) is 3.02. The first-order valence-electron chi connectivity index (χ1n) is 7.94. The lowest BCUT2D eigenvalue weighted by molar-refractivity contribution is 0.415. The molecule has 28 heavy (non-hydrogen) atoms. The van der Waals surface area contributed by atoms with Crippen LogP contribution in [0.2, 0.25) is 0 Å². The predicted octanol–water partition coefficient (Wildman–Crippen LogP) is 2.22. The van der Waals surface area contributed by atoms with E-state index in [0.29, 0.717) is 11.4 Å². The number of nitrogens with zero attached hydrogens (tertiary/aromatic N) is 4. The Balaban J connectivity index is 1.91. The third-order valence-electron chi connectivity index (χ3n) is 3.48. The van der Waals surface area contributed by atoms with E-state index in [0.717, 1.165) is 12.5 Å². The topological polar surface area (TPSA) is 123 Å². The van der Waals surface area contributed by atoms with Crippen LogP contribution in [0.3, 0.4) is 0 Å². The lowest BCUT2D eigenvalue weighted by Gasteiger charge is -2.14. The standard InChI is InChI=1S/C16H18FN7O3S/c1-24-9-10(7-19-24)20-16-18-8-12(17)15(22-16)21-13-5-4-11(27-2)6-14(13)23-28(3,25)26/h4-9,23H,1-3H3,(H2,18,20,21,22). The van der Waals surface area contributed by atoms with Crippen LogP contribution < -0.4 is 20.1 Å². The van der Waals surface area contributed by atoms with Gasteiger partial charge in [-0.1, -0.05) is 0 Å². The average molecular weight is 407 g/mol. The highest BCUT2D eigenvalue weighted by molar-refractivity contribution is 7.92. The van der Waals surface area contributed by atoms with Crippen molar-refractivity contribution in [3.05, 3.63) is 42.6 Å². The van der Waals surface area contributed by atoms with Crippen molar-refractivity contribution >= 4 is 38.9 Å². The molecule has 0 radical (unpaired) electrons. The van der Waals surface area contributed by atoms with Crippen molar-refractivity contribution in [2.75, 3.05) is 28.7 Å². The summed E-state index contributed by atoms with van der Waals surface area (Å²) in [6, 6.07) is 4.61. The van der Waals surface area contributed by atoms with E-state index in [1.54, 1.807) is 36.3 Å². The molecule has 0 saturated carbocycles. The summed E-state index contributed by atoms with van der Waals surface area (Å²) in [6.45, 7) is 0. The highest BCUT2D eigenvalue weighted by atomic mass is 32.2. The van der Waals surface area contributed by atoms with Crippen LogP contribution >= 0.6 is 0 Å². The molecule has 0 saturated heterocycles. The molecule has 3 N–H and O–H groups in total. The Morgan fingerprint density at radius 3 is 2.61 bits per heavy atom. The van der Waals surface area contributed by atoms with E-state index in [1.807, 2.05) is 0 Å². The number of hydrogen-bond donors (Lipinski definition) is 3. The molecule has 0 spiro atoms. The summed E-state index contributed by atoms with van der Waals surface area (Å²) in [6.07, 6.45) is 5.29. The van der Waals surface area contributed by atoms with Gasteiger partial charge in [0, 0.05) is 19.3 Å². The quantitative estimate of drug-likeness (QED) is 0.545. The summed E-state index contributed by atoms with van der Waals surface area (Å²) >= 11 is 0. The largest absolute Gasteiger partial charge is 0.497 e. The fraction of sp³-hybridized carbons (Fsp3) is 0.188. The molecule has 2 aromatic heterocycles. The fourth-order valence-corrected chi connectivity index (χ4v) is 2.87. The molecule has 0 fully saturated rings. The van der Waals surface area contributed by atoms with Gasteiger partial charge in [-0.05, 0) is 12.1 Å². The van der Waals surface area contributed by atoms with Gasteiger partial charge in [0.05, 0.1) is 42.8 Å². The number of anilines is 5. The van der Waals surface area contributed by atoms with Crippen LogP contribution in [0.15, 0.2) is 36.8 Å². The second kappa shape index (κ2) is 7.68. The van der Waals surface area contributed by atoms with Gasteiger partial charge < -0.3 is 15.4 Å². The molecule has 148 valence electrons. The van der Waals surface area contributed by atoms with E-state index in [2.05, 4.69) is 30.4 Å². The monoisotopic (exact) mass is 407 g/mol. The summed E-state index contributed by atoms with van der Waals surface area (Å²) < 4.78 is 46.5. The molecule has 0 aliphatic carbocycles. The molecule has 3 rings (SSSR count). The number of nitrogens with one attached hydrogen (secondary N) is 3. The van der Waals surface area contributed by atoms with Crippen LogP contribution in [0.25, 0.3) is 0 Å². The zero-order valence-electron chi connectivity index (χ0n) is 15.3. The van der Waals surface area contributed by atoms with Crippen LogP contribution in [-0.2, 0) is 17.1 Å². The second-order valence-electron chi connectivity index (χ2n) is 5.83. The van der Waals surface area contributed by atoms with E-state index in [4.69, 9.17) is 4.74 Å². The Morgan fingerprint density at radius 2 is 1.96 bits per heavy atom. The van der Waals surface area contributed by atoms with Crippen LogP contribution in [0.5, 0.6) is 5.75 Å². The highest BCUT2D eigenvalue weighted by Crippen LogP contribution is 2.31. The number of rotatable bonds is 7. The van der Waals surface area contributed by atoms with Gasteiger partial charge in [-0.2, -0.15) is 10.1 Å². The lowest BCUT2D eigenvalue weighted by atomic mass is 10.2. The van der Waals surface area contributed by atoms with E-state index >= 15 is 0 Å². The van der Waals surface area contributed by atoms with Crippen molar-refractivity contribution in [2.24, 2.45) is 7.05 Å². The fourth-order valence-electron chi connectivity index (χ4n) is 2.30. The normalized spacial score (nSPS) is 11.1. The number of sulfonamides is 1. The minimum atomic E-state index is -3.57. The van der Waals surface area contributed by atoms with Crippen molar-refractivity contribution in [1.29, 1.82) is 0 Å². The maximum atomic E-state index is 14.2. The lowest BCUT2D eigenvalue weighted by Crippen LogP contribution is -2.12. The molecule has 0 unspecified atom stereocenters. The van der Waals surface area contributed by atoms with Gasteiger partial charge in [0.1, 0.15) is 5.75 Å². The number of hydrogen-bond acceptors (Lipinski definition) is 8. The minimum absolute atomic E-state index is 0.136. The molecule has 2 heterocycles. The molecule has 0 atom stereocenters. The summed E-state index contributed by atoms with van der Waals surface area (Å²) in [7, 11) is -0.362. The van der Waals surface area contributed by atoms with E-state index in [1.165, 1.54) is 13.2 Å². The van der Waals surface area contributed by atoms with Crippen LogP contribution in [0.4, 0.5) is 33.2 Å². The third-order valence-corrected chi connectivity index (χ3v) is 4.07. The first-order valence-corrected chi connectivity index (χ1v) is 9.84. The van der Waals surface area contributed by atoms with Gasteiger partial charge in [0.25, 0.3) is 0 Å². The zero-order chi connectivity index (χ0) is 20.3. The number of methoxy groups -OCH3 is 1. The zero-order valence-corrected chi connectivity index (χ0v) is 16.1. The van der Waals surface area contributed by atoms with Crippen molar-refractivity contribution in [3.8, 4) is 5.75 Å². The second-order valence-corrected chi connectivity index (χ2v) is 7.58. The maximum Gasteiger partial charge on any atom is 0.229 e. The summed E-state index contributed by atoms with van der Waals surface area (Å²) in [4.78, 5) is 7.99. The van der Waals surface area contributed by atoms with Gasteiger partial charge in [0.15, 0.2) is 11.6 Å². The molecular formula is C16H18FN7O3S. The van der Waals surface area contributed by atoms with E-state index in [9.17, 15) is 12.8 Å². The van der Waals surface area contributed by atoms with Crippen LogP contribution in [0.1, 0.15) is 0 Å². The number of halogens is 1. The molecule has 0 bridgehead atoms.